The van der Waals surface area contributed by atoms with E-state index in [4.69, 9.17) is 4.52 Å². The number of hydrogen-bond donors (Lipinski definition) is 0. The van der Waals surface area contributed by atoms with Gasteiger partial charge in [-0.1, -0.05) is 50.2 Å². The van der Waals surface area contributed by atoms with E-state index in [1.807, 2.05) is 6.92 Å². The fourth-order valence-electron chi connectivity index (χ4n) is 4.57. The number of nitrogens with zero attached hydrogens (tertiary/aromatic N) is 4. The Hall–Kier alpha value is -2.37. The van der Waals surface area contributed by atoms with Crippen molar-refractivity contribution in [3.05, 3.63) is 41.2 Å². The van der Waals surface area contributed by atoms with Gasteiger partial charge in [0, 0.05) is 43.8 Å². The Balaban J connectivity index is 1.62. The number of rotatable bonds is 4. The van der Waals surface area contributed by atoms with Gasteiger partial charge in [-0.3, -0.25) is 4.79 Å². The molecule has 1 aromatic heterocycles. The summed E-state index contributed by atoms with van der Waals surface area (Å²) in [5, 5.41) is 4.11. The summed E-state index contributed by atoms with van der Waals surface area (Å²) in [6.45, 7) is 10.7. The quantitative estimate of drug-likeness (QED) is 0.826. The highest BCUT2D eigenvalue weighted by Crippen LogP contribution is 2.46. The fourth-order valence-corrected chi connectivity index (χ4v) is 4.57. The summed E-state index contributed by atoms with van der Waals surface area (Å²) < 4.78 is 5.52. The van der Waals surface area contributed by atoms with Crippen LogP contribution >= 0.6 is 0 Å². The number of carbonyl (C=O) groups excluding carboxylic acids is 1. The van der Waals surface area contributed by atoms with E-state index in [1.165, 1.54) is 11.1 Å². The molecule has 2 aromatic rings. The summed E-state index contributed by atoms with van der Waals surface area (Å²) in [5.74, 6) is 2.06. The third-order valence-electron chi connectivity index (χ3n) is 6.01. The van der Waals surface area contributed by atoms with E-state index in [9.17, 15) is 4.79 Å². The van der Waals surface area contributed by atoms with E-state index in [1.54, 1.807) is 0 Å². The SMILES string of the molecule is CCC(=O)N1C[C@@H]2CN(c3nc(C(C)C)no3)C[C@@H]2[C@H]1c1ccccc1C. The molecule has 2 saturated heterocycles. The van der Waals surface area contributed by atoms with Crippen molar-refractivity contribution in [1.82, 2.24) is 15.0 Å². The van der Waals surface area contributed by atoms with Crippen LogP contribution in [0, 0.1) is 18.8 Å². The molecule has 0 aliphatic carbocycles. The van der Waals surface area contributed by atoms with E-state index in [2.05, 4.69) is 65.0 Å². The maximum absolute atomic E-state index is 12.6. The minimum absolute atomic E-state index is 0.126. The predicted octanol–water partition coefficient (Wildman–Crippen LogP) is 3.55. The molecule has 0 N–H and O–H groups in total. The average Bonchev–Trinajstić information content (AvgIpc) is 3.35. The number of hydrogen-bond acceptors (Lipinski definition) is 5. The van der Waals surface area contributed by atoms with Crippen LogP contribution in [0.2, 0.25) is 0 Å². The molecule has 3 heterocycles. The second-order valence-corrected chi connectivity index (χ2v) is 8.12. The number of benzene rings is 1. The standard InChI is InChI=1S/C21H28N4O2/c1-5-18(26)25-11-15-10-24(21-22-20(13(2)3)23-27-21)12-17(15)19(25)16-9-7-6-8-14(16)4/h6-9,13,15,17,19H,5,10-12H2,1-4H3/t15-,17-,19+/m0/s1. The Morgan fingerprint density at radius 1 is 1.26 bits per heavy atom. The molecule has 2 fully saturated rings. The molecule has 6 nitrogen and oxygen atoms in total. The first-order chi connectivity index (χ1) is 13.0. The molecule has 6 heteroatoms. The molecule has 27 heavy (non-hydrogen) atoms. The molecule has 0 bridgehead atoms. The van der Waals surface area contributed by atoms with Crippen LogP contribution in [0.15, 0.2) is 28.8 Å². The van der Waals surface area contributed by atoms with E-state index < -0.39 is 0 Å². The fraction of sp³-hybridized carbons (Fsp3) is 0.571. The van der Waals surface area contributed by atoms with Crippen LogP contribution in [-0.2, 0) is 4.79 Å². The third kappa shape index (κ3) is 3.11. The van der Waals surface area contributed by atoms with Gasteiger partial charge >= 0.3 is 6.01 Å². The van der Waals surface area contributed by atoms with Crippen LogP contribution in [0.5, 0.6) is 0 Å². The Morgan fingerprint density at radius 2 is 2.04 bits per heavy atom. The minimum atomic E-state index is 0.126. The molecule has 4 rings (SSSR count). The molecular weight excluding hydrogens is 340 g/mol. The number of aromatic nitrogens is 2. The zero-order chi connectivity index (χ0) is 19.1. The Bertz CT molecular complexity index is 831. The maximum atomic E-state index is 12.6. The van der Waals surface area contributed by atoms with Crippen molar-refractivity contribution in [2.75, 3.05) is 24.5 Å². The lowest BCUT2D eigenvalue weighted by molar-refractivity contribution is -0.132. The highest BCUT2D eigenvalue weighted by atomic mass is 16.5. The van der Waals surface area contributed by atoms with Gasteiger partial charge in [-0.25, -0.2) is 0 Å². The van der Waals surface area contributed by atoms with E-state index >= 15 is 0 Å². The van der Waals surface area contributed by atoms with Crippen LogP contribution in [0.4, 0.5) is 6.01 Å². The van der Waals surface area contributed by atoms with E-state index in [0.29, 0.717) is 24.3 Å². The molecule has 0 saturated carbocycles. The minimum Gasteiger partial charge on any atom is -0.335 e. The normalized spacial score (nSPS) is 24.7. The van der Waals surface area contributed by atoms with Crippen molar-refractivity contribution in [2.24, 2.45) is 11.8 Å². The first kappa shape index (κ1) is 18.0. The second-order valence-electron chi connectivity index (χ2n) is 8.12. The van der Waals surface area contributed by atoms with Gasteiger partial charge in [0.15, 0.2) is 5.82 Å². The van der Waals surface area contributed by atoms with Crippen molar-refractivity contribution in [3.63, 3.8) is 0 Å². The summed E-state index contributed by atoms with van der Waals surface area (Å²) in [6, 6.07) is 9.18. The zero-order valence-corrected chi connectivity index (χ0v) is 16.6. The van der Waals surface area contributed by atoms with Gasteiger partial charge in [-0.15, -0.1) is 0 Å². The lowest BCUT2D eigenvalue weighted by atomic mass is 9.87. The van der Waals surface area contributed by atoms with Crippen molar-refractivity contribution < 1.29 is 9.32 Å². The topological polar surface area (TPSA) is 62.5 Å². The first-order valence-corrected chi connectivity index (χ1v) is 9.93. The molecule has 144 valence electrons. The maximum Gasteiger partial charge on any atom is 0.324 e. The molecule has 2 aliphatic heterocycles. The zero-order valence-electron chi connectivity index (χ0n) is 16.6. The molecular formula is C21H28N4O2. The highest BCUT2D eigenvalue weighted by Gasteiger charge is 2.50. The predicted molar refractivity (Wildman–Crippen MR) is 104 cm³/mol. The number of carbonyl (C=O) groups is 1. The van der Waals surface area contributed by atoms with Gasteiger partial charge < -0.3 is 14.3 Å². The summed E-state index contributed by atoms with van der Waals surface area (Å²) in [6.07, 6.45) is 0.549. The summed E-state index contributed by atoms with van der Waals surface area (Å²) in [7, 11) is 0. The third-order valence-corrected chi connectivity index (χ3v) is 6.01. The lowest BCUT2D eigenvalue weighted by Crippen LogP contribution is -2.35. The van der Waals surface area contributed by atoms with Crippen molar-refractivity contribution in [3.8, 4) is 0 Å². The Morgan fingerprint density at radius 3 is 2.70 bits per heavy atom. The second kappa shape index (κ2) is 6.98. The number of fused-ring (bicyclic) bond motifs is 1. The summed E-state index contributed by atoms with van der Waals surface area (Å²) >= 11 is 0. The van der Waals surface area contributed by atoms with Crippen LogP contribution in [-0.4, -0.2) is 40.6 Å². The number of anilines is 1. The van der Waals surface area contributed by atoms with E-state index in [0.717, 1.165) is 25.5 Å². The molecule has 1 aromatic carbocycles. The van der Waals surface area contributed by atoms with Gasteiger partial charge in [-0.2, -0.15) is 4.98 Å². The van der Waals surface area contributed by atoms with Gasteiger partial charge in [0.25, 0.3) is 0 Å². The van der Waals surface area contributed by atoms with Gasteiger partial charge in [-0.05, 0) is 18.1 Å². The highest BCUT2D eigenvalue weighted by molar-refractivity contribution is 5.77. The molecule has 0 radical (unpaired) electrons. The number of amides is 1. The largest absolute Gasteiger partial charge is 0.335 e. The van der Waals surface area contributed by atoms with Crippen LogP contribution in [0.25, 0.3) is 0 Å². The molecule has 0 spiro atoms. The van der Waals surface area contributed by atoms with E-state index in [-0.39, 0.29) is 17.9 Å². The number of likely N-dealkylation sites (tertiary alicyclic amines) is 1. The number of aryl methyl sites for hydroxylation is 1. The van der Waals surface area contributed by atoms with Crippen molar-refractivity contribution in [2.45, 2.75) is 46.1 Å². The summed E-state index contributed by atoms with van der Waals surface area (Å²) in [4.78, 5) is 21.5. The summed E-state index contributed by atoms with van der Waals surface area (Å²) in [5.41, 5.74) is 2.51. The van der Waals surface area contributed by atoms with Crippen LogP contribution < -0.4 is 4.90 Å². The van der Waals surface area contributed by atoms with Crippen molar-refractivity contribution >= 4 is 11.9 Å². The van der Waals surface area contributed by atoms with Gasteiger partial charge in [0.1, 0.15) is 0 Å². The lowest BCUT2D eigenvalue weighted by Gasteiger charge is -2.30. The Kier molecular flexibility index (Phi) is 4.66. The van der Waals surface area contributed by atoms with Crippen LogP contribution in [0.3, 0.4) is 0 Å². The molecule has 1 amide bonds. The molecule has 3 atom stereocenters. The van der Waals surface area contributed by atoms with Crippen molar-refractivity contribution in [1.29, 1.82) is 0 Å². The smallest absolute Gasteiger partial charge is 0.324 e. The Labute approximate surface area is 160 Å². The monoisotopic (exact) mass is 368 g/mol. The molecule has 2 aliphatic rings. The first-order valence-electron chi connectivity index (χ1n) is 9.93. The van der Waals surface area contributed by atoms with Gasteiger partial charge in [0.05, 0.1) is 6.04 Å². The van der Waals surface area contributed by atoms with Crippen LogP contribution in [0.1, 0.15) is 56.1 Å². The average molecular weight is 368 g/mol. The molecule has 0 unspecified atom stereocenters. The van der Waals surface area contributed by atoms with Gasteiger partial charge in [0.2, 0.25) is 5.91 Å².